The molecule has 1 N–H and O–H groups in total. The SMILES string of the molecule is CCN(CCC#N)CCOc1cccc(C#CCCO)c1. The standard InChI is InChI=1S/C17H22N2O2/c1-2-19(11-6-10-18)12-14-21-17-9-5-8-16(15-17)7-3-4-13-20/h5,8-9,15,20H,2,4,6,11-14H2,1H3. The van der Waals surface area contributed by atoms with E-state index in [0.29, 0.717) is 19.4 Å². The summed E-state index contributed by atoms with van der Waals surface area (Å²) in [6.07, 6.45) is 1.03. The summed E-state index contributed by atoms with van der Waals surface area (Å²) in [6, 6.07) is 9.79. The monoisotopic (exact) mass is 286 g/mol. The van der Waals surface area contributed by atoms with Gasteiger partial charge in [-0.3, -0.25) is 4.90 Å². The number of hydrogen-bond acceptors (Lipinski definition) is 4. The zero-order valence-corrected chi connectivity index (χ0v) is 12.5. The van der Waals surface area contributed by atoms with Crippen LogP contribution in [0.4, 0.5) is 0 Å². The lowest BCUT2D eigenvalue weighted by Gasteiger charge is -2.18. The summed E-state index contributed by atoms with van der Waals surface area (Å²) < 4.78 is 5.72. The third-order valence-electron chi connectivity index (χ3n) is 2.97. The third-order valence-corrected chi connectivity index (χ3v) is 2.97. The van der Waals surface area contributed by atoms with Gasteiger partial charge in [-0.1, -0.05) is 24.8 Å². The summed E-state index contributed by atoms with van der Waals surface area (Å²) >= 11 is 0. The lowest BCUT2D eigenvalue weighted by molar-refractivity contribution is 0.218. The lowest BCUT2D eigenvalue weighted by Crippen LogP contribution is -2.29. The fourth-order valence-electron chi connectivity index (χ4n) is 1.81. The predicted molar refractivity (Wildman–Crippen MR) is 82.9 cm³/mol. The van der Waals surface area contributed by atoms with E-state index < -0.39 is 0 Å². The van der Waals surface area contributed by atoms with E-state index in [1.165, 1.54) is 0 Å². The molecule has 4 heteroatoms. The van der Waals surface area contributed by atoms with Crippen LogP contribution in [-0.2, 0) is 0 Å². The number of nitriles is 1. The molecule has 0 aromatic heterocycles. The number of benzene rings is 1. The number of likely N-dealkylation sites (N-methyl/N-ethyl adjacent to an activating group) is 1. The van der Waals surface area contributed by atoms with Crippen molar-refractivity contribution >= 4 is 0 Å². The Morgan fingerprint density at radius 1 is 1.29 bits per heavy atom. The largest absolute Gasteiger partial charge is 0.492 e. The highest BCUT2D eigenvalue weighted by molar-refractivity contribution is 5.39. The van der Waals surface area contributed by atoms with Gasteiger partial charge in [-0.25, -0.2) is 0 Å². The highest BCUT2D eigenvalue weighted by Crippen LogP contribution is 2.12. The minimum Gasteiger partial charge on any atom is -0.492 e. The van der Waals surface area contributed by atoms with Gasteiger partial charge in [0, 0.05) is 31.5 Å². The van der Waals surface area contributed by atoms with Gasteiger partial charge in [-0.2, -0.15) is 5.26 Å². The van der Waals surface area contributed by atoms with E-state index in [1.54, 1.807) is 0 Å². The molecule has 1 rings (SSSR count). The first kappa shape index (κ1) is 17.0. The molecule has 0 bridgehead atoms. The van der Waals surface area contributed by atoms with Crippen molar-refractivity contribution in [1.82, 2.24) is 4.90 Å². The average Bonchev–Trinajstić information content (AvgIpc) is 2.51. The first-order chi connectivity index (χ1) is 10.3. The van der Waals surface area contributed by atoms with Crippen molar-refractivity contribution in [3.05, 3.63) is 29.8 Å². The van der Waals surface area contributed by atoms with E-state index in [0.717, 1.165) is 30.9 Å². The molecule has 0 spiro atoms. The molecule has 0 saturated carbocycles. The van der Waals surface area contributed by atoms with Crippen molar-refractivity contribution < 1.29 is 9.84 Å². The van der Waals surface area contributed by atoms with E-state index in [1.807, 2.05) is 24.3 Å². The second kappa shape index (κ2) is 10.7. The molecule has 112 valence electrons. The van der Waals surface area contributed by atoms with Crippen LogP contribution in [0, 0.1) is 23.2 Å². The quantitative estimate of drug-likeness (QED) is 0.743. The van der Waals surface area contributed by atoms with Gasteiger partial charge in [0.05, 0.1) is 12.7 Å². The van der Waals surface area contributed by atoms with Crippen LogP contribution in [-0.4, -0.2) is 42.9 Å². The smallest absolute Gasteiger partial charge is 0.120 e. The molecular formula is C17H22N2O2. The highest BCUT2D eigenvalue weighted by Gasteiger charge is 2.02. The van der Waals surface area contributed by atoms with Crippen LogP contribution in [0.2, 0.25) is 0 Å². The number of hydrogen-bond donors (Lipinski definition) is 1. The molecule has 0 aliphatic heterocycles. The van der Waals surface area contributed by atoms with Crippen molar-refractivity contribution in [3.8, 4) is 23.7 Å². The summed E-state index contributed by atoms with van der Waals surface area (Å²) in [7, 11) is 0. The van der Waals surface area contributed by atoms with Crippen LogP contribution in [0.15, 0.2) is 24.3 Å². The Morgan fingerprint density at radius 3 is 2.86 bits per heavy atom. The summed E-state index contributed by atoms with van der Waals surface area (Å²) in [5.41, 5.74) is 0.887. The Labute approximate surface area is 127 Å². The third kappa shape index (κ3) is 7.37. The Kier molecular flexibility index (Phi) is 8.72. The van der Waals surface area contributed by atoms with Gasteiger partial charge in [-0.05, 0) is 24.7 Å². The van der Waals surface area contributed by atoms with Crippen molar-refractivity contribution in [2.75, 3.05) is 32.8 Å². The van der Waals surface area contributed by atoms with Crippen LogP contribution in [0.3, 0.4) is 0 Å². The van der Waals surface area contributed by atoms with Crippen LogP contribution in [0.5, 0.6) is 5.75 Å². The number of aliphatic hydroxyl groups is 1. The van der Waals surface area contributed by atoms with Crippen molar-refractivity contribution in [2.45, 2.75) is 19.8 Å². The molecule has 0 aliphatic carbocycles. The minimum absolute atomic E-state index is 0.0821. The molecule has 0 amide bonds. The van der Waals surface area contributed by atoms with Crippen LogP contribution < -0.4 is 4.74 Å². The first-order valence-electron chi connectivity index (χ1n) is 7.22. The van der Waals surface area contributed by atoms with Gasteiger partial charge in [0.25, 0.3) is 0 Å². The molecule has 0 atom stereocenters. The number of ether oxygens (including phenoxy) is 1. The molecular weight excluding hydrogens is 264 g/mol. The normalized spacial score (nSPS) is 9.81. The molecule has 4 nitrogen and oxygen atoms in total. The van der Waals surface area contributed by atoms with Crippen molar-refractivity contribution in [1.29, 1.82) is 5.26 Å². The molecule has 0 aliphatic rings. The fraction of sp³-hybridized carbons (Fsp3) is 0.471. The molecule has 0 heterocycles. The predicted octanol–water partition coefficient (Wildman–Crippen LogP) is 2.03. The second-order valence-electron chi connectivity index (χ2n) is 4.49. The van der Waals surface area contributed by atoms with E-state index in [2.05, 4.69) is 29.7 Å². The molecule has 0 saturated heterocycles. The zero-order valence-electron chi connectivity index (χ0n) is 12.5. The topological polar surface area (TPSA) is 56.5 Å². The summed E-state index contributed by atoms with van der Waals surface area (Å²) in [5, 5.41) is 17.3. The van der Waals surface area contributed by atoms with Gasteiger partial charge in [0.1, 0.15) is 12.4 Å². The zero-order chi connectivity index (χ0) is 15.3. The minimum atomic E-state index is 0.0821. The Morgan fingerprint density at radius 2 is 2.14 bits per heavy atom. The van der Waals surface area contributed by atoms with Crippen molar-refractivity contribution in [2.24, 2.45) is 0 Å². The maximum absolute atomic E-state index is 8.70. The molecule has 1 aromatic rings. The molecule has 0 unspecified atom stereocenters. The van der Waals surface area contributed by atoms with Crippen LogP contribution in [0.1, 0.15) is 25.3 Å². The van der Waals surface area contributed by atoms with Crippen LogP contribution >= 0.6 is 0 Å². The Balaban J connectivity index is 2.43. The maximum Gasteiger partial charge on any atom is 0.120 e. The van der Waals surface area contributed by atoms with Crippen LogP contribution in [0.25, 0.3) is 0 Å². The number of rotatable bonds is 8. The van der Waals surface area contributed by atoms with Crippen molar-refractivity contribution in [3.63, 3.8) is 0 Å². The Hall–Kier alpha value is -2.01. The van der Waals surface area contributed by atoms with E-state index in [4.69, 9.17) is 15.1 Å². The maximum atomic E-state index is 8.70. The fourth-order valence-corrected chi connectivity index (χ4v) is 1.81. The average molecular weight is 286 g/mol. The van der Waals surface area contributed by atoms with Gasteiger partial charge in [0.2, 0.25) is 0 Å². The molecule has 0 radical (unpaired) electrons. The summed E-state index contributed by atoms with van der Waals surface area (Å²) in [6.45, 7) is 5.25. The summed E-state index contributed by atoms with van der Waals surface area (Å²) in [5.74, 6) is 6.67. The molecule has 21 heavy (non-hydrogen) atoms. The van der Waals surface area contributed by atoms with E-state index >= 15 is 0 Å². The summed E-state index contributed by atoms with van der Waals surface area (Å²) in [4.78, 5) is 2.19. The Bertz CT molecular complexity index is 512. The number of aliphatic hydroxyl groups excluding tert-OH is 1. The highest BCUT2D eigenvalue weighted by atomic mass is 16.5. The first-order valence-corrected chi connectivity index (χ1v) is 7.22. The number of nitrogens with zero attached hydrogens (tertiary/aromatic N) is 2. The molecule has 1 aromatic carbocycles. The lowest BCUT2D eigenvalue weighted by atomic mass is 10.2. The van der Waals surface area contributed by atoms with Gasteiger partial charge >= 0.3 is 0 Å². The van der Waals surface area contributed by atoms with E-state index in [-0.39, 0.29) is 6.61 Å². The van der Waals surface area contributed by atoms with Gasteiger partial charge in [0.15, 0.2) is 0 Å². The molecule has 0 fully saturated rings. The van der Waals surface area contributed by atoms with Gasteiger partial charge in [-0.15, -0.1) is 0 Å². The van der Waals surface area contributed by atoms with E-state index in [9.17, 15) is 0 Å². The van der Waals surface area contributed by atoms with Gasteiger partial charge < -0.3 is 9.84 Å². The second-order valence-corrected chi connectivity index (χ2v) is 4.49.